The Hall–Kier alpha value is -2.41. The molecule has 4 heterocycles. The second-order valence-electron chi connectivity index (χ2n) is 6.73. The van der Waals surface area contributed by atoms with Gasteiger partial charge in [-0.15, -0.1) is 11.3 Å². The SMILES string of the molecule is CN(Cc1cc2c(N3CCOCC3)nc(-c3cnc(=O)[nH]c3)nc2s1)S(C)(=O)=O. The lowest BCUT2D eigenvalue weighted by Crippen LogP contribution is -2.37. The maximum atomic E-state index is 11.8. The van der Waals surface area contributed by atoms with Crippen molar-refractivity contribution in [3.05, 3.63) is 33.8 Å². The smallest absolute Gasteiger partial charge is 0.344 e. The number of hydrogen-bond donors (Lipinski definition) is 1. The summed E-state index contributed by atoms with van der Waals surface area (Å²) in [6.45, 7) is 2.87. The highest BCUT2D eigenvalue weighted by Crippen LogP contribution is 2.34. The highest BCUT2D eigenvalue weighted by molar-refractivity contribution is 7.88. The van der Waals surface area contributed by atoms with E-state index in [-0.39, 0.29) is 6.54 Å². The first kappa shape index (κ1) is 19.9. The molecule has 154 valence electrons. The number of nitrogens with zero attached hydrogens (tertiary/aromatic N) is 5. The number of aromatic amines is 1. The first-order valence-corrected chi connectivity index (χ1v) is 11.6. The number of fused-ring (bicyclic) bond motifs is 1. The van der Waals surface area contributed by atoms with Gasteiger partial charge in [-0.1, -0.05) is 0 Å². The molecule has 0 amide bonds. The van der Waals surface area contributed by atoms with E-state index in [0.29, 0.717) is 37.7 Å². The third-order valence-corrected chi connectivity index (χ3v) is 6.88. The Kier molecular flexibility index (Phi) is 5.34. The Morgan fingerprint density at radius 3 is 2.72 bits per heavy atom. The monoisotopic (exact) mass is 436 g/mol. The van der Waals surface area contributed by atoms with Crippen LogP contribution in [0.3, 0.4) is 0 Å². The summed E-state index contributed by atoms with van der Waals surface area (Å²) in [7, 11) is -1.74. The van der Waals surface area contributed by atoms with Gasteiger partial charge in [-0.2, -0.15) is 0 Å². The predicted octanol–water partition coefficient (Wildman–Crippen LogP) is 0.670. The molecule has 0 atom stereocenters. The number of H-pyrrole nitrogens is 1. The molecule has 0 spiro atoms. The second kappa shape index (κ2) is 7.78. The molecule has 0 aromatic carbocycles. The first-order chi connectivity index (χ1) is 13.8. The molecule has 3 aromatic heterocycles. The van der Waals surface area contributed by atoms with Gasteiger partial charge in [0, 0.05) is 44.0 Å². The van der Waals surface area contributed by atoms with Crippen molar-refractivity contribution >= 4 is 37.4 Å². The Balaban J connectivity index is 1.81. The summed E-state index contributed by atoms with van der Waals surface area (Å²) >= 11 is 1.42. The van der Waals surface area contributed by atoms with Crippen LogP contribution in [-0.4, -0.2) is 72.3 Å². The largest absolute Gasteiger partial charge is 0.378 e. The van der Waals surface area contributed by atoms with E-state index in [1.807, 2.05) is 6.07 Å². The molecule has 0 aliphatic carbocycles. The van der Waals surface area contributed by atoms with E-state index < -0.39 is 15.7 Å². The van der Waals surface area contributed by atoms with Crippen molar-refractivity contribution in [2.24, 2.45) is 0 Å². The molecule has 0 bridgehead atoms. The van der Waals surface area contributed by atoms with Crippen molar-refractivity contribution in [2.45, 2.75) is 6.54 Å². The maximum Gasteiger partial charge on any atom is 0.344 e. The van der Waals surface area contributed by atoms with E-state index in [9.17, 15) is 13.2 Å². The Labute approximate surface area is 171 Å². The van der Waals surface area contributed by atoms with Crippen molar-refractivity contribution in [2.75, 3.05) is 44.5 Å². The van der Waals surface area contributed by atoms with E-state index in [4.69, 9.17) is 9.72 Å². The summed E-state index contributed by atoms with van der Waals surface area (Å²) < 4.78 is 30.3. The Bertz CT molecular complexity index is 1180. The topological polar surface area (TPSA) is 121 Å². The number of thiophene rings is 1. The molecule has 1 aliphatic heterocycles. The highest BCUT2D eigenvalue weighted by atomic mass is 32.2. The number of nitrogens with one attached hydrogen (secondary N) is 1. The van der Waals surface area contributed by atoms with E-state index in [2.05, 4.69) is 19.9 Å². The van der Waals surface area contributed by atoms with Gasteiger partial charge in [0.1, 0.15) is 10.6 Å². The fourth-order valence-electron chi connectivity index (χ4n) is 2.98. The quantitative estimate of drug-likeness (QED) is 0.619. The van der Waals surface area contributed by atoms with Crippen LogP contribution in [0.4, 0.5) is 5.82 Å². The lowest BCUT2D eigenvalue weighted by Gasteiger charge is -2.28. The number of rotatable bonds is 5. The number of anilines is 1. The van der Waals surface area contributed by atoms with Crippen LogP contribution in [0.15, 0.2) is 23.3 Å². The van der Waals surface area contributed by atoms with Crippen molar-refractivity contribution < 1.29 is 13.2 Å². The lowest BCUT2D eigenvalue weighted by atomic mass is 10.2. The number of sulfonamides is 1. The van der Waals surface area contributed by atoms with Crippen LogP contribution in [-0.2, 0) is 21.3 Å². The van der Waals surface area contributed by atoms with Gasteiger partial charge in [0.05, 0.1) is 30.4 Å². The van der Waals surface area contributed by atoms with Crippen LogP contribution in [0, 0.1) is 0 Å². The van der Waals surface area contributed by atoms with Crippen LogP contribution >= 0.6 is 11.3 Å². The van der Waals surface area contributed by atoms with E-state index in [1.165, 1.54) is 34.3 Å². The molecular formula is C17H20N6O4S2. The summed E-state index contributed by atoms with van der Waals surface area (Å²) in [6.07, 6.45) is 4.15. The summed E-state index contributed by atoms with van der Waals surface area (Å²) in [6, 6.07) is 1.95. The summed E-state index contributed by atoms with van der Waals surface area (Å²) in [5, 5.41) is 0.870. The zero-order chi connectivity index (χ0) is 20.6. The average molecular weight is 437 g/mol. The minimum atomic E-state index is -3.29. The molecule has 1 N–H and O–H groups in total. The van der Waals surface area contributed by atoms with E-state index in [0.717, 1.165) is 20.9 Å². The molecule has 0 radical (unpaired) electrons. The third-order valence-electron chi connectivity index (χ3n) is 4.61. The summed E-state index contributed by atoms with van der Waals surface area (Å²) in [4.78, 5) is 30.7. The van der Waals surface area contributed by atoms with Gasteiger partial charge in [-0.05, 0) is 6.07 Å². The van der Waals surface area contributed by atoms with Crippen LogP contribution in [0.25, 0.3) is 21.6 Å². The van der Waals surface area contributed by atoms with Crippen molar-refractivity contribution in [1.29, 1.82) is 0 Å². The third kappa shape index (κ3) is 4.29. The molecule has 4 rings (SSSR count). The molecule has 3 aromatic rings. The Morgan fingerprint density at radius 2 is 2.07 bits per heavy atom. The van der Waals surface area contributed by atoms with Crippen LogP contribution < -0.4 is 10.6 Å². The second-order valence-corrected chi connectivity index (χ2v) is 9.93. The molecule has 0 unspecified atom stereocenters. The number of aromatic nitrogens is 4. The van der Waals surface area contributed by atoms with Gasteiger partial charge in [-0.25, -0.2) is 32.5 Å². The van der Waals surface area contributed by atoms with Gasteiger partial charge in [-0.3, -0.25) is 0 Å². The van der Waals surface area contributed by atoms with Gasteiger partial charge in [0.25, 0.3) is 0 Å². The minimum Gasteiger partial charge on any atom is -0.378 e. The van der Waals surface area contributed by atoms with Crippen LogP contribution in [0.2, 0.25) is 0 Å². The Morgan fingerprint density at radius 1 is 1.31 bits per heavy atom. The first-order valence-electron chi connectivity index (χ1n) is 8.91. The molecule has 0 saturated carbocycles. The van der Waals surface area contributed by atoms with E-state index in [1.54, 1.807) is 7.05 Å². The standard InChI is InChI=1S/C17H20N6O4S2/c1-22(29(2,25)26)10-12-7-13-15(23-3-5-27-6-4-23)20-14(21-16(13)28-12)11-8-18-17(24)19-9-11/h7-9H,3-6,10H2,1-2H3,(H,18,19,24). The average Bonchev–Trinajstić information content (AvgIpc) is 3.10. The van der Waals surface area contributed by atoms with Gasteiger partial charge < -0.3 is 14.6 Å². The zero-order valence-corrected chi connectivity index (χ0v) is 17.6. The number of ether oxygens (including phenoxy) is 1. The zero-order valence-electron chi connectivity index (χ0n) is 16.0. The minimum absolute atomic E-state index is 0.262. The van der Waals surface area contributed by atoms with Crippen molar-refractivity contribution in [1.82, 2.24) is 24.2 Å². The predicted molar refractivity (Wildman–Crippen MR) is 111 cm³/mol. The highest BCUT2D eigenvalue weighted by Gasteiger charge is 2.21. The molecule has 12 heteroatoms. The normalized spacial score (nSPS) is 15.3. The van der Waals surface area contributed by atoms with Crippen LogP contribution in [0.5, 0.6) is 0 Å². The molecule has 1 fully saturated rings. The molecule has 29 heavy (non-hydrogen) atoms. The van der Waals surface area contributed by atoms with Crippen molar-refractivity contribution in [3.8, 4) is 11.4 Å². The molecular weight excluding hydrogens is 416 g/mol. The van der Waals surface area contributed by atoms with Gasteiger partial charge in [0.15, 0.2) is 5.82 Å². The summed E-state index contributed by atoms with van der Waals surface area (Å²) in [5.41, 5.74) is 0.162. The molecule has 1 aliphatic rings. The van der Waals surface area contributed by atoms with Gasteiger partial charge >= 0.3 is 5.69 Å². The fraction of sp³-hybridized carbons (Fsp3) is 0.412. The number of hydrogen-bond acceptors (Lipinski definition) is 9. The van der Waals surface area contributed by atoms with E-state index >= 15 is 0 Å². The molecule has 10 nitrogen and oxygen atoms in total. The maximum absolute atomic E-state index is 11.8. The number of morpholine rings is 1. The summed E-state index contributed by atoms with van der Waals surface area (Å²) in [5.74, 6) is 1.22. The molecule has 1 saturated heterocycles. The van der Waals surface area contributed by atoms with Crippen LogP contribution in [0.1, 0.15) is 4.88 Å². The van der Waals surface area contributed by atoms with Gasteiger partial charge in [0.2, 0.25) is 10.0 Å². The fourth-order valence-corrected chi connectivity index (χ4v) is 4.51. The lowest BCUT2D eigenvalue weighted by molar-refractivity contribution is 0.122. The van der Waals surface area contributed by atoms with Crippen molar-refractivity contribution in [3.63, 3.8) is 0 Å².